The zero-order valence-corrected chi connectivity index (χ0v) is 13.2. The number of nitrogens with zero attached hydrogens (tertiary/aromatic N) is 4. The Kier molecular flexibility index (Phi) is 3.01. The fourth-order valence-corrected chi connectivity index (χ4v) is 3.14. The van der Waals surface area contributed by atoms with E-state index >= 15 is 0 Å². The molecule has 0 aliphatic carbocycles. The summed E-state index contributed by atoms with van der Waals surface area (Å²) in [6, 6.07) is 8.10. The number of anilines is 3. The molecule has 114 valence electrons. The molecule has 3 heterocycles. The van der Waals surface area contributed by atoms with Crippen LogP contribution in [0.2, 0.25) is 0 Å². The molecule has 4 rings (SSSR count). The van der Waals surface area contributed by atoms with Gasteiger partial charge in [0.2, 0.25) is 5.88 Å². The minimum Gasteiger partial charge on any atom is -0.433 e. The molecule has 1 aliphatic rings. The molecule has 0 atom stereocenters. The van der Waals surface area contributed by atoms with Crippen molar-refractivity contribution >= 4 is 17.2 Å². The Bertz CT molecular complexity index is 839. The van der Waals surface area contributed by atoms with Gasteiger partial charge in [-0.25, -0.2) is 9.97 Å². The largest absolute Gasteiger partial charge is 0.433 e. The third-order valence-electron chi connectivity index (χ3n) is 3.93. The van der Waals surface area contributed by atoms with Crippen molar-refractivity contribution in [3.05, 3.63) is 59.7 Å². The van der Waals surface area contributed by atoms with Crippen LogP contribution >= 0.6 is 0 Å². The van der Waals surface area contributed by atoms with Crippen LogP contribution in [0.3, 0.4) is 0 Å². The third-order valence-corrected chi connectivity index (χ3v) is 3.93. The second kappa shape index (κ2) is 5.05. The van der Waals surface area contributed by atoms with Gasteiger partial charge in [-0.05, 0) is 44.0 Å². The van der Waals surface area contributed by atoms with Crippen molar-refractivity contribution in [1.82, 2.24) is 15.0 Å². The van der Waals surface area contributed by atoms with Gasteiger partial charge in [-0.3, -0.25) is 4.90 Å². The summed E-state index contributed by atoms with van der Waals surface area (Å²) < 4.78 is 5.88. The highest BCUT2D eigenvalue weighted by atomic mass is 16.5. The van der Waals surface area contributed by atoms with Crippen LogP contribution in [0.1, 0.15) is 16.7 Å². The van der Waals surface area contributed by atoms with E-state index in [1.54, 1.807) is 12.4 Å². The number of hydrogen-bond donors (Lipinski definition) is 0. The highest BCUT2D eigenvalue weighted by molar-refractivity contribution is 5.85. The summed E-state index contributed by atoms with van der Waals surface area (Å²) in [5.74, 6) is 1.99. The van der Waals surface area contributed by atoms with E-state index in [0.29, 0.717) is 11.6 Å². The van der Waals surface area contributed by atoms with Crippen molar-refractivity contribution in [3.63, 3.8) is 0 Å². The van der Waals surface area contributed by atoms with E-state index in [2.05, 4.69) is 52.8 Å². The molecule has 0 unspecified atom stereocenters. The zero-order chi connectivity index (χ0) is 16.0. The summed E-state index contributed by atoms with van der Waals surface area (Å²) in [6.07, 6.45) is 5.02. The van der Waals surface area contributed by atoms with Crippen molar-refractivity contribution in [2.75, 3.05) is 4.90 Å². The maximum Gasteiger partial charge on any atom is 0.247 e. The van der Waals surface area contributed by atoms with Crippen LogP contribution in [0.25, 0.3) is 0 Å². The van der Waals surface area contributed by atoms with Gasteiger partial charge in [-0.15, -0.1) is 0 Å². The smallest absolute Gasteiger partial charge is 0.247 e. The minimum absolute atomic E-state index is 0.542. The lowest BCUT2D eigenvalue weighted by Crippen LogP contribution is -2.20. The first-order valence-electron chi connectivity index (χ1n) is 7.46. The number of ether oxygens (including phenoxy) is 1. The second-order valence-corrected chi connectivity index (χ2v) is 5.72. The van der Waals surface area contributed by atoms with Crippen molar-refractivity contribution in [3.8, 4) is 11.6 Å². The molecule has 0 radical (unpaired) electrons. The average molecular weight is 304 g/mol. The van der Waals surface area contributed by atoms with E-state index in [1.807, 2.05) is 12.1 Å². The fourth-order valence-electron chi connectivity index (χ4n) is 3.14. The summed E-state index contributed by atoms with van der Waals surface area (Å²) in [4.78, 5) is 15.0. The molecule has 0 N–H and O–H groups in total. The van der Waals surface area contributed by atoms with E-state index in [0.717, 1.165) is 17.2 Å². The first-order chi connectivity index (χ1) is 11.1. The SMILES string of the molecule is Cc1cc(C)c(N2c3cncnc3Oc3cccnc32)c(C)c1. The molecule has 0 spiro atoms. The number of benzene rings is 1. The van der Waals surface area contributed by atoms with Gasteiger partial charge in [-0.1, -0.05) is 17.7 Å². The van der Waals surface area contributed by atoms with Gasteiger partial charge in [0.1, 0.15) is 12.0 Å². The van der Waals surface area contributed by atoms with E-state index in [4.69, 9.17) is 4.74 Å². The van der Waals surface area contributed by atoms with Gasteiger partial charge in [0.05, 0.1) is 11.9 Å². The molecule has 23 heavy (non-hydrogen) atoms. The van der Waals surface area contributed by atoms with Gasteiger partial charge < -0.3 is 4.74 Å². The van der Waals surface area contributed by atoms with Crippen LogP contribution in [0, 0.1) is 20.8 Å². The van der Waals surface area contributed by atoms with Gasteiger partial charge in [-0.2, -0.15) is 4.98 Å². The van der Waals surface area contributed by atoms with Gasteiger partial charge in [0, 0.05) is 6.20 Å². The van der Waals surface area contributed by atoms with E-state index in [-0.39, 0.29) is 0 Å². The summed E-state index contributed by atoms with van der Waals surface area (Å²) in [5, 5.41) is 0. The van der Waals surface area contributed by atoms with E-state index in [9.17, 15) is 0 Å². The third kappa shape index (κ3) is 2.12. The summed E-state index contributed by atoms with van der Waals surface area (Å²) in [5.41, 5.74) is 5.48. The highest BCUT2D eigenvalue weighted by Gasteiger charge is 2.29. The summed E-state index contributed by atoms with van der Waals surface area (Å²) in [6.45, 7) is 6.32. The van der Waals surface area contributed by atoms with Crippen LogP contribution in [0.5, 0.6) is 11.6 Å². The second-order valence-electron chi connectivity index (χ2n) is 5.72. The Morgan fingerprint density at radius 2 is 1.83 bits per heavy atom. The Morgan fingerprint density at radius 1 is 1.04 bits per heavy atom. The molecule has 0 saturated carbocycles. The molecule has 5 heteroatoms. The summed E-state index contributed by atoms with van der Waals surface area (Å²) >= 11 is 0. The van der Waals surface area contributed by atoms with Gasteiger partial charge >= 0.3 is 0 Å². The topological polar surface area (TPSA) is 51.1 Å². The lowest BCUT2D eigenvalue weighted by atomic mass is 10.0. The molecule has 0 saturated heterocycles. The quantitative estimate of drug-likeness (QED) is 0.522. The molecule has 5 nitrogen and oxygen atoms in total. The maximum atomic E-state index is 5.88. The summed E-state index contributed by atoms with van der Waals surface area (Å²) in [7, 11) is 0. The number of pyridine rings is 1. The first-order valence-corrected chi connectivity index (χ1v) is 7.46. The number of aromatic nitrogens is 3. The average Bonchev–Trinajstić information content (AvgIpc) is 2.53. The van der Waals surface area contributed by atoms with Gasteiger partial charge in [0.25, 0.3) is 0 Å². The molecule has 1 aliphatic heterocycles. The molecule has 0 bridgehead atoms. The molecule has 0 fully saturated rings. The fraction of sp³-hybridized carbons (Fsp3) is 0.167. The molecule has 0 amide bonds. The number of rotatable bonds is 1. The molecule has 2 aromatic heterocycles. The van der Waals surface area contributed by atoms with Crippen molar-refractivity contribution in [1.29, 1.82) is 0 Å². The van der Waals surface area contributed by atoms with Crippen LogP contribution < -0.4 is 9.64 Å². The van der Waals surface area contributed by atoms with Gasteiger partial charge in [0.15, 0.2) is 11.6 Å². The Balaban J connectivity index is 2.02. The molecule has 3 aromatic rings. The molecular formula is C18H16N4O. The Morgan fingerprint density at radius 3 is 2.61 bits per heavy atom. The lowest BCUT2D eigenvalue weighted by Gasteiger charge is -2.32. The number of hydrogen-bond acceptors (Lipinski definition) is 5. The predicted octanol–water partition coefficient (Wildman–Crippen LogP) is 4.37. The lowest BCUT2D eigenvalue weighted by molar-refractivity contribution is 0.453. The van der Waals surface area contributed by atoms with E-state index < -0.39 is 0 Å². The standard InChI is InChI=1S/C18H16N4O/c1-11-7-12(2)16(13(3)8-11)22-14-9-19-10-21-18(14)23-15-5-4-6-20-17(15)22/h4-10H,1-3H3. The normalized spacial score (nSPS) is 12.4. The van der Waals surface area contributed by atoms with E-state index in [1.165, 1.54) is 23.0 Å². The Labute approximate surface area is 134 Å². The minimum atomic E-state index is 0.542. The monoisotopic (exact) mass is 304 g/mol. The number of fused-ring (bicyclic) bond motifs is 2. The maximum absolute atomic E-state index is 5.88. The number of aryl methyl sites for hydroxylation is 3. The first kappa shape index (κ1) is 13.7. The molecule has 1 aromatic carbocycles. The molecular weight excluding hydrogens is 288 g/mol. The highest BCUT2D eigenvalue weighted by Crippen LogP contribution is 2.49. The van der Waals surface area contributed by atoms with Crippen LogP contribution in [0.15, 0.2) is 43.0 Å². The van der Waals surface area contributed by atoms with Crippen molar-refractivity contribution in [2.24, 2.45) is 0 Å². The zero-order valence-electron chi connectivity index (χ0n) is 13.2. The predicted molar refractivity (Wildman–Crippen MR) is 88.8 cm³/mol. The van der Waals surface area contributed by atoms with Crippen molar-refractivity contribution in [2.45, 2.75) is 20.8 Å². The van der Waals surface area contributed by atoms with Crippen LogP contribution in [-0.4, -0.2) is 15.0 Å². The van der Waals surface area contributed by atoms with Crippen molar-refractivity contribution < 1.29 is 4.74 Å². The Hall–Kier alpha value is -2.95. The van der Waals surface area contributed by atoms with Crippen LogP contribution in [-0.2, 0) is 0 Å². The van der Waals surface area contributed by atoms with Crippen LogP contribution in [0.4, 0.5) is 17.2 Å².